The van der Waals surface area contributed by atoms with E-state index in [1.165, 1.54) is 6.42 Å². The summed E-state index contributed by atoms with van der Waals surface area (Å²) >= 11 is 0. The summed E-state index contributed by atoms with van der Waals surface area (Å²) in [7, 11) is 0. The molecule has 4 atom stereocenters. The van der Waals surface area contributed by atoms with Crippen LogP contribution in [-0.4, -0.2) is 11.9 Å². The van der Waals surface area contributed by atoms with E-state index in [2.05, 4.69) is 31.3 Å². The van der Waals surface area contributed by atoms with Crippen molar-refractivity contribution >= 4 is 5.91 Å². The molecule has 1 aliphatic heterocycles. The maximum absolute atomic E-state index is 11.4. The molecule has 1 saturated heterocycles. The van der Waals surface area contributed by atoms with Crippen LogP contribution in [0, 0.1) is 5.92 Å². The van der Waals surface area contributed by atoms with Gasteiger partial charge < -0.3 is 9.73 Å². The van der Waals surface area contributed by atoms with Crippen LogP contribution in [0.1, 0.15) is 56.5 Å². The average molecular weight is 233 g/mol. The van der Waals surface area contributed by atoms with Crippen molar-refractivity contribution in [3.05, 3.63) is 23.7 Å². The van der Waals surface area contributed by atoms with Crippen molar-refractivity contribution in [2.75, 3.05) is 0 Å². The lowest BCUT2D eigenvalue weighted by atomic mass is 9.96. The van der Waals surface area contributed by atoms with Crippen molar-refractivity contribution < 1.29 is 9.21 Å². The maximum atomic E-state index is 11.4. The van der Waals surface area contributed by atoms with Gasteiger partial charge in [0.05, 0.1) is 0 Å². The summed E-state index contributed by atoms with van der Waals surface area (Å²) in [5.41, 5.74) is 0. The molecule has 0 radical (unpaired) electrons. The molecule has 1 aromatic rings. The summed E-state index contributed by atoms with van der Waals surface area (Å²) in [6.45, 7) is 4.36. The van der Waals surface area contributed by atoms with Crippen molar-refractivity contribution in [2.45, 2.75) is 51.0 Å². The Bertz CT molecular complexity index is 437. The fourth-order valence-corrected chi connectivity index (χ4v) is 2.88. The molecule has 3 rings (SSSR count). The standard InChI is InChI=1S/C14H19NO2/c1-3-11-10(7-14(16)15-11)13-5-4-12(17-13)9-6-8(9)2/h4-5,8-11H,3,6-7H2,1-2H3,(H,15,16). The molecule has 0 aromatic carbocycles. The molecule has 4 unspecified atom stereocenters. The molecule has 0 spiro atoms. The molecule has 1 N–H and O–H groups in total. The number of rotatable bonds is 3. The maximum Gasteiger partial charge on any atom is 0.221 e. The monoisotopic (exact) mass is 233 g/mol. The van der Waals surface area contributed by atoms with Crippen LogP contribution in [0.25, 0.3) is 0 Å². The minimum Gasteiger partial charge on any atom is -0.465 e. The predicted octanol–water partition coefficient (Wildman–Crippen LogP) is 2.79. The topological polar surface area (TPSA) is 42.2 Å². The van der Waals surface area contributed by atoms with Gasteiger partial charge in [0.1, 0.15) is 11.5 Å². The zero-order valence-electron chi connectivity index (χ0n) is 10.4. The zero-order chi connectivity index (χ0) is 12.0. The largest absolute Gasteiger partial charge is 0.465 e. The Morgan fingerprint density at radius 2 is 2.00 bits per heavy atom. The van der Waals surface area contributed by atoms with Crippen LogP contribution in [0.2, 0.25) is 0 Å². The van der Waals surface area contributed by atoms with Gasteiger partial charge in [-0.2, -0.15) is 0 Å². The molecule has 2 aliphatic rings. The van der Waals surface area contributed by atoms with Gasteiger partial charge in [0.15, 0.2) is 0 Å². The third-order valence-corrected chi connectivity index (χ3v) is 4.17. The summed E-state index contributed by atoms with van der Waals surface area (Å²) in [6, 6.07) is 4.41. The summed E-state index contributed by atoms with van der Waals surface area (Å²) in [6.07, 6.45) is 2.78. The molecule has 2 heterocycles. The highest BCUT2D eigenvalue weighted by atomic mass is 16.3. The second kappa shape index (κ2) is 3.90. The Labute approximate surface area is 102 Å². The molecule has 1 aliphatic carbocycles. The number of hydrogen-bond donors (Lipinski definition) is 1. The normalized spacial score (nSPS) is 36.0. The lowest BCUT2D eigenvalue weighted by Gasteiger charge is -2.14. The molecule has 17 heavy (non-hydrogen) atoms. The van der Waals surface area contributed by atoms with Gasteiger partial charge in [-0.1, -0.05) is 13.8 Å². The van der Waals surface area contributed by atoms with Crippen molar-refractivity contribution in [1.82, 2.24) is 5.32 Å². The van der Waals surface area contributed by atoms with Crippen LogP contribution in [-0.2, 0) is 4.79 Å². The molecular formula is C14H19NO2. The Hall–Kier alpha value is -1.25. The number of hydrogen-bond acceptors (Lipinski definition) is 2. The van der Waals surface area contributed by atoms with Crippen LogP contribution < -0.4 is 5.32 Å². The van der Waals surface area contributed by atoms with E-state index in [0.717, 1.165) is 23.9 Å². The second-order valence-corrected chi connectivity index (χ2v) is 5.45. The molecule has 0 bridgehead atoms. The first-order valence-corrected chi connectivity index (χ1v) is 6.58. The van der Waals surface area contributed by atoms with E-state index >= 15 is 0 Å². The van der Waals surface area contributed by atoms with E-state index in [1.54, 1.807) is 0 Å². The first-order valence-electron chi connectivity index (χ1n) is 6.58. The summed E-state index contributed by atoms with van der Waals surface area (Å²) in [4.78, 5) is 11.4. The average Bonchev–Trinajstić information content (AvgIpc) is 2.78. The van der Waals surface area contributed by atoms with Gasteiger partial charge >= 0.3 is 0 Å². The quantitative estimate of drug-likeness (QED) is 0.872. The zero-order valence-corrected chi connectivity index (χ0v) is 10.4. The van der Waals surface area contributed by atoms with Gasteiger partial charge in [0.25, 0.3) is 0 Å². The SMILES string of the molecule is CCC1NC(=O)CC1c1ccc(C2CC2C)o1. The third kappa shape index (κ3) is 1.88. The summed E-state index contributed by atoms with van der Waals surface area (Å²) < 4.78 is 5.95. The smallest absolute Gasteiger partial charge is 0.221 e. The Balaban J connectivity index is 1.79. The van der Waals surface area contributed by atoms with Crippen molar-refractivity contribution in [1.29, 1.82) is 0 Å². The number of carbonyl (C=O) groups is 1. The fraction of sp³-hybridized carbons (Fsp3) is 0.643. The van der Waals surface area contributed by atoms with Crippen LogP contribution >= 0.6 is 0 Å². The van der Waals surface area contributed by atoms with Crippen molar-refractivity contribution in [3.8, 4) is 0 Å². The Morgan fingerprint density at radius 1 is 1.35 bits per heavy atom. The molecule has 3 nitrogen and oxygen atoms in total. The second-order valence-electron chi connectivity index (χ2n) is 5.45. The Kier molecular flexibility index (Phi) is 2.49. The fourth-order valence-electron chi connectivity index (χ4n) is 2.88. The van der Waals surface area contributed by atoms with Gasteiger partial charge in [-0.3, -0.25) is 4.79 Å². The molecule has 1 saturated carbocycles. The van der Waals surface area contributed by atoms with Gasteiger partial charge in [-0.05, 0) is 30.9 Å². The molecule has 2 fully saturated rings. The van der Waals surface area contributed by atoms with E-state index in [0.29, 0.717) is 12.3 Å². The minimum absolute atomic E-state index is 0.152. The first kappa shape index (κ1) is 10.9. The van der Waals surface area contributed by atoms with Crippen molar-refractivity contribution in [3.63, 3.8) is 0 Å². The summed E-state index contributed by atoms with van der Waals surface area (Å²) in [5.74, 6) is 3.87. The molecule has 1 aromatic heterocycles. The molecule has 3 heteroatoms. The van der Waals surface area contributed by atoms with Crippen LogP contribution in [0.4, 0.5) is 0 Å². The van der Waals surface area contributed by atoms with Crippen molar-refractivity contribution in [2.24, 2.45) is 5.92 Å². The molecule has 92 valence electrons. The lowest BCUT2D eigenvalue weighted by Crippen LogP contribution is -2.27. The van der Waals surface area contributed by atoms with Crippen LogP contribution in [0.3, 0.4) is 0 Å². The minimum atomic E-state index is 0.152. The predicted molar refractivity (Wildman–Crippen MR) is 64.8 cm³/mol. The molecular weight excluding hydrogens is 214 g/mol. The lowest BCUT2D eigenvalue weighted by molar-refractivity contribution is -0.119. The third-order valence-electron chi connectivity index (χ3n) is 4.17. The highest BCUT2D eigenvalue weighted by Gasteiger charge is 2.39. The van der Waals surface area contributed by atoms with E-state index in [9.17, 15) is 4.79 Å². The number of amides is 1. The van der Waals surface area contributed by atoms with E-state index in [4.69, 9.17) is 4.42 Å². The van der Waals surface area contributed by atoms with E-state index in [1.807, 2.05) is 0 Å². The number of carbonyl (C=O) groups excluding carboxylic acids is 1. The highest BCUT2D eigenvalue weighted by molar-refractivity contribution is 5.80. The van der Waals surface area contributed by atoms with Crippen LogP contribution in [0.15, 0.2) is 16.5 Å². The van der Waals surface area contributed by atoms with Crippen LogP contribution in [0.5, 0.6) is 0 Å². The van der Waals surface area contributed by atoms with Gasteiger partial charge in [0.2, 0.25) is 5.91 Å². The molecule has 1 amide bonds. The van der Waals surface area contributed by atoms with E-state index < -0.39 is 0 Å². The number of furan rings is 1. The van der Waals surface area contributed by atoms with Gasteiger partial charge in [-0.25, -0.2) is 0 Å². The highest BCUT2D eigenvalue weighted by Crippen LogP contribution is 2.48. The summed E-state index contributed by atoms with van der Waals surface area (Å²) in [5, 5.41) is 3.02. The Morgan fingerprint density at radius 3 is 2.59 bits per heavy atom. The van der Waals surface area contributed by atoms with Gasteiger partial charge in [0, 0.05) is 24.3 Å². The number of nitrogens with one attached hydrogen (secondary N) is 1. The first-order chi connectivity index (χ1) is 8.19. The van der Waals surface area contributed by atoms with E-state index in [-0.39, 0.29) is 17.9 Å². The van der Waals surface area contributed by atoms with Gasteiger partial charge in [-0.15, -0.1) is 0 Å².